The van der Waals surface area contributed by atoms with Gasteiger partial charge in [0.2, 0.25) is 0 Å². The molecule has 86 valence electrons. The molecule has 0 saturated carbocycles. The van der Waals surface area contributed by atoms with Crippen molar-refractivity contribution in [2.24, 2.45) is 5.73 Å². The van der Waals surface area contributed by atoms with E-state index in [1.54, 1.807) is 11.3 Å². The van der Waals surface area contributed by atoms with Gasteiger partial charge in [-0.05, 0) is 24.0 Å². The minimum atomic E-state index is 0.0187. The van der Waals surface area contributed by atoms with Gasteiger partial charge < -0.3 is 5.73 Å². The average molecular weight is 234 g/mol. The van der Waals surface area contributed by atoms with E-state index in [0.717, 1.165) is 10.5 Å². The minimum Gasteiger partial charge on any atom is -0.322 e. The summed E-state index contributed by atoms with van der Waals surface area (Å²) in [5.41, 5.74) is 8.43. The summed E-state index contributed by atoms with van der Waals surface area (Å²) in [5, 5.41) is 1.02. The largest absolute Gasteiger partial charge is 0.322 e. The zero-order chi connectivity index (χ0) is 11.9. The van der Waals surface area contributed by atoms with Gasteiger partial charge >= 0.3 is 0 Å². The lowest BCUT2D eigenvalue weighted by atomic mass is 9.86. The van der Waals surface area contributed by atoms with E-state index in [0.29, 0.717) is 0 Å². The van der Waals surface area contributed by atoms with Crippen LogP contribution in [0.1, 0.15) is 44.3 Å². The SMILES string of the molecule is CC(N)c1nc2c(C(C)(C)C)cccc2s1. The fourth-order valence-corrected chi connectivity index (χ4v) is 2.71. The topological polar surface area (TPSA) is 38.9 Å². The molecule has 0 radical (unpaired) electrons. The third-order valence-corrected chi connectivity index (χ3v) is 3.85. The Morgan fingerprint density at radius 1 is 1.31 bits per heavy atom. The Hall–Kier alpha value is -0.930. The lowest BCUT2D eigenvalue weighted by molar-refractivity contribution is 0.594. The first kappa shape index (κ1) is 11.6. The van der Waals surface area contributed by atoms with Crippen LogP contribution in [0.2, 0.25) is 0 Å². The second kappa shape index (κ2) is 3.82. The normalized spacial score (nSPS) is 14.3. The van der Waals surface area contributed by atoms with E-state index in [1.165, 1.54) is 10.3 Å². The van der Waals surface area contributed by atoms with E-state index in [2.05, 4.69) is 44.0 Å². The number of benzene rings is 1. The van der Waals surface area contributed by atoms with E-state index in [1.807, 2.05) is 6.92 Å². The van der Waals surface area contributed by atoms with Gasteiger partial charge in [0.25, 0.3) is 0 Å². The van der Waals surface area contributed by atoms with Gasteiger partial charge in [-0.3, -0.25) is 0 Å². The first-order valence-corrected chi connectivity index (χ1v) is 6.37. The molecule has 0 bridgehead atoms. The molecule has 0 fully saturated rings. The summed E-state index contributed by atoms with van der Waals surface area (Å²) in [4.78, 5) is 4.67. The molecule has 1 aromatic heterocycles. The number of thiazole rings is 1. The highest BCUT2D eigenvalue weighted by Crippen LogP contribution is 2.33. The number of rotatable bonds is 1. The monoisotopic (exact) mass is 234 g/mol. The smallest absolute Gasteiger partial charge is 0.110 e. The Balaban J connectivity index is 2.68. The molecule has 0 saturated heterocycles. The lowest BCUT2D eigenvalue weighted by Crippen LogP contribution is -2.11. The maximum absolute atomic E-state index is 5.88. The third-order valence-electron chi connectivity index (χ3n) is 2.63. The van der Waals surface area contributed by atoms with Gasteiger partial charge in [0.05, 0.1) is 16.3 Å². The molecule has 0 amide bonds. The van der Waals surface area contributed by atoms with Gasteiger partial charge in [0.1, 0.15) is 5.01 Å². The molecule has 0 aliphatic carbocycles. The Kier molecular flexibility index (Phi) is 2.76. The van der Waals surface area contributed by atoms with Crippen molar-refractivity contribution in [2.75, 3.05) is 0 Å². The molecular weight excluding hydrogens is 216 g/mol. The summed E-state index contributed by atoms with van der Waals surface area (Å²) in [6.45, 7) is 8.63. The van der Waals surface area contributed by atoms with Crippen molar-refractivity contribution in [3.8, 4) is 0 Å². The number of fused-ring (bicyclic) bond motifs is 1. The Labute approximate surface area is 101 Å². The number of hydrogen-bond acceptors (Lipinski definition) is 3. The summed E-state index contributed by atoms with van der Waals surface area (Å²) in [5.74, 6) is 0. The van der Waals surface area contributed by atoms with Crippen molar-refractivity contribution < 1.29 is 0 Å². The van der Waals surface area contributed by atoms with Crippen molar-refractivity contribution >= 4 is 21.6 Å². The van der Waals surface area contributed by atoms with Crippen LogP contribution in [0.4, 0.5) is 0 Å². The van der Waals surface area contributed by atoms with Gasteiger partial charge in [0.15, 0.2) is 0 Å². The summed E-state index contributed by atoms with van der Waals surface area (Å²) in [6.07, 6.45) is 0. The zero-order valence-electron chi connectivity index (χ0n) is 10.2. The van der Waals surface area contributed by atoms with Crippen LogP contribution in [0, 0.1) is 0 Å². The predicted octanol–water partition coefficient (Wildman–Crippen LogP) is 3.61. The summed E-state index contributed by atoms with van der Waals surface area (Å²) >= 11 is 1.70. The fraction of sp³-hybridized carbons (Fsp3) is 0.462. The Morgan fingerprint density at radius 3 is 2.56 bits per heavy atom. The molecule has 16 heavy (non-hydrogen) atoms. The van der Waals surface area contributed by atoms with Crippen LogP contribution >= 0.6 is 11.3 Å². The summed E-state index contributed by atoms with van der Waals surface area (Å²) in [7, 11) is 0. The quantitative estimate of drug-likeness (QED) is 0.818. The highest BCUT2D eigenvalue weighted by Gasteiger charge is 2.19. The number of para-hydroxylation sites is 1. The van der Waals surface area contributed by atoms with Gasteiger partial charge in [0, 0.05) is 0 Å². The zero-order valence-corrected chi connectivity index (χ0v) is 11.1. The molecule has 1 unspecified atom stereocenters. The molecule has 1 aromatic carbocycles. The van der Waals surface area contributed by atoms with E-state index >= 15 is 0 Å². The number of hydrogen-bond donors (Lipinski definition) is 1. The second-order valence-corrected chi connectivity index (χ2v) is 6.31. The lowest BCUT2D eigenvalue weighted by Gasteiger charge is -2.19. The Morgan fingerprint density at radius 2 is 2.00 bits per heavy atom. The average Bonchev–Trinajstić information content (AvgIpc) is 2.58. The predicted molar refractivity (Wildman–Crippen MR) is 70.9 cm³/mol. The number of nitrogens with zero attached hydrogens (tertiary/aromatic N) is 1. The molecule has 2 N–H and O–H groups in total. The molecule has 1 atom stereocenters. The molecule has 0 aliphatic heterocycles. The molecule has 3 heteroatoms. The molecule has 0 aliphatic rings. The van der Waals surface area contributed by atoms with Crippen LogP contribution in [-0.2, 0) is 5.41 Å². The van der Waals surface area contributed by atoms with E-state index < -0.39 is 0 Å². The first-order chi connectivity index (χ1) is 7.39. The highest BCUT2D eigenvalue weighted by atomic mass is 32.1. The van der Waals surface area contributed by atoms with E-state index in [9.17, 15) is 0 Å². The van der Waals surface area contributed by atoms with Crippen LogP contribution in [0.25, 0.3) is 10.2 Å². The number of nitrogens with two attached hydrogens (primary N) is 1. The standard InChI is InChI=1S/C13H18N2S/c1-8(14)12-15-11-9(13(2,3)4)6-5-7-10(11)16-12/h5-8H,14H2,1-4H3. The maximum atomic E-state index is 5.88. The second-order valence-electron chi connectivity index (χ2n) is 5.24. The first-order valence-electron chi connectivity index (χ1n) is 5.55. The summed E-state index contributed by atoms with van der Waals surface area (Å²) in [6, 6.07) is 6.40. The minimum absolute atomic E-state index is 0.0187. The van der Waals surface area contributed by atoms with Gasteiger partial charge in [-0.25, -0.2) is 4.98 Å². The maximum Gasteiger partial charge on any atom is 0.110 e. The molecular formula is C13H18N2S. The summed E-state index contributed by atoms with van der Waals surface area (Å²) < 4.78 is 1.24. The van der Waals surface area contributed by atoms with Crippen molar-refractivity contribution in [1.82, 2.24) is 4.98 Å². The van der Waals surface area contributed by atoms with Crippen molar-refractivity contribution in [1.29, 1.82) is 0 Å². The van der Waals surface area contributed by atoms with E-state index in [4.69, 9.17) is 5.73 Å². The van der Waals surface area contributed by atoms with Gasteiger partial charge in [-0.1, -0.05) is 32.9 Å². The fourth-order valence-electron chi connectivity index (χ4n) is 1.77. The molecule has 0 spiro atoms. The van der Waals surface area contributed by atoms with Crippen LogP contribution in [0.3, 0.4) is 0 Å². The van der Waals surface area contributed by atoms with Crippen molar-refractivity contribution in [2.45, 2.75) is 39.2 Å². The van der Waals surface area contributed by atoms with Crippen LogP contribution in [-0.4, -0.2) is 4.98 Å². The van der Waals surface area contributed by atoms with Crippen molar-refractivity contribution in [3.05, 3.63) is 28.8 Å². The Bertz CT molecular complexity index is 506. The molecule has 2 aromatic rings. The molecule has 2 rings (SSSR count). The van der Waals surface area contributed by atoms with Crippen LogP contribution in [0.5, 0.6) is 0 Å². The van der Waals surface area contributed by atoms with Crippen LogP contribution < -0.4 is 5.73 Å². The molecule has 1 heterocycles. The molecule has 2 nitrogen and oxygen atoms in total. The van der Waals surface area contributed by atoms with Crippen LogP contribution in [0.15, 0.2) is 18.2 Å². The number of aromatic nitrogens is 1. The third kappa shape index (κ3) is 1.97. The van der Waals surface area contributed by atoms with Gasteiger partial charge in [-0.15, -0.1) is 11.3 Å². The van der Waals surface area contributed by atoms with E-state index in [-0.39, 0.29) is 11.5 Å². The van der Waals surface area contributed by atoms with Crippen molar-refractivity contribution in [3.63, 3.8) is 0 Å². The highest BCUT2D eigenvalue weighted by molar-refractivity contribution is 7.18. The van der Waals surface area contributed by atoms with Gasteiger partial charge in [-0.2, -0.15) is 0 Å².